The molecule has 0 radical (unpaired) electrons. The largest absolute Gasteiger partial charge is 0.478 e. The van der Waals surface area contributed by atoms with E-state index < -0.39 is 5.97 Å². The van der Waals surface area contributed by atoms with Crippen molar-refractivity contribution in [3.63, 3.8) is 0 Å². The number of nitrogens with zero attached hydrogens (tertiary/aromatic N) is 2. The lowest BCUT2D eigenvalue weighted by atomic mass is 10.1. The van der Waals surface area contributed by atoms with Crippen molar-refractivity contribution in [1.29, 1.82) is 0 Å². The summed E-state index contributed by atoms with van der Waals surface area (Å²) in [5, 5.41) is 21.9. The maximum Gasteiger partial charge on any atom is 0.339 e. The van der Waals surface area contributed by atoms with Crippen LogP contribution in [0.4, 0.5) is 0 Å². The highest BCUT2D eigenvalue weighted by molar-refractivity contribution is 7.15. The fraction of sp³-hybridized carbons (Fsp3) is 0.286. The smallest absolute Gasteiger partial charge is 0.339 e. The topological polar surface area (TPSA) is 74.8 Å². The number of carboxylic acid groups (broad SMARTS) is 1. The second-order valence-corrected chi connectivity index (χ2v) is 5.88. The third kappa shape index (κ3) is 2.12. The summed E-state index contributed by atoms with van der Waals surface area (Å²) < 4.78 is 1.89. The van der Waals surface area contributed by atoms with E-state index in [1.807, 2.05) is 38.3 Å². The van der Waals surface area contributed by atoms with Gasteiger partial charge in [-0.2, -0.15) is 0 Å². The van der Waals surface area contributed by atoms with E-state index in [9.17, 15) is 9.90 Å². The molecule has 2 aromatic rings. The molecule has 2 heterocycles. The van der Waals surface area contributed by atoms with E-state index in [2.05, 4.69) is 5.16 Å². The Morgan fingerprint density at radius 2 is 2.00 bits per heavy atom. The van der Waals surface area contributed by atoms with Crippen LogP contribution in [0, 0.1) is 27.7 Å². The van der Waals surface area contributed by atoms with Crippen LogP contribution in [0.1, 0.15) is 37.7 Å². The summed E-state index contributed by atoms with van der Waals surface area (Å²) >= 11 is 1.46. The van der Waals surface area contributed by atoms with E-state index in [4.69, 9.17) is 5.21 Å². The molecule has 0 unspecified atom stereocenters. The predicted octanol–water partition coefficient (Wildman–Crippen LogP) is 3.28. The fourth-order valence-corrected chi connectivity index (χ4v) is 3.57. The molecule has 0 aliphatic heterocycles. The summed E-state index contributed by atoms with van der Waals surface area (Å²) in [6, 6.07) is 1.87. The molecule has 2 aromatic heterocycles. The van der Waals surface area contributed by atoms with Gasteiger partial charge in [-0.05, 0) is 39.3 Å². The number of rotatable bonds is 3. The van der Waals surface area contributed by atoms with E-state index in [1.165, 1.54) is 17.6 Å². The van der Waals surface area contributed by atoms with E-state index in [-0.39, 0.29) is 0 Å². The van der Waals surface area contributed by atoms with E-state index in [0.717, 1.165) is 27.4 Å². The molecule has 0 atom stereocenters. The summed E-state index contributed by atoms with van der Waals surface area (Å²) in [6.45, 7) is 7.51. The van der Waals surface area contributed by atoms with Crippen molar-refractivity contribution in [3.05, 3.63) is 39.0 Å². The normalized spacial score (nSPS) is 11.4. The number of oxime groups is 1. The number of hydrogen-bond acceptors (Lipinski definition) is 4. The third-order valence-corrected chi connectivity index (χ3v) is 4.64. The van der Waals surface area contributed by atoms with Gasteiger partial charge >= 0.3 is 5.97 Å². The highest BCUT2D eigenvalue weighted by Gasteiger charge is 2.22. The molecule has 0 saturated heterocycles. The molecule has 0 aliphatic rings. The number of carboxylic acids is 1. The Morgan fingerprint density at radius 1 is 1.35 bits per heavy atom. The number of thiophene rings is 1. The molecule has 0 aromatic carbocycles. The van der Waals surface area contributed by atoms with E-state index in [1.54, 1.807) is 0 Å². The first-order valence-electron chi connectivity index (χ1n) is 6.08. The van der Waals surface area contributed by atoms with Gasteiger partial charge in [-0.3, -0.25) is 0 Å². The fourth-order valence-electron chi connectivity index (χ4n) is 2.31. The van der Waals surface area contributed by atoms with Gasteiger partial charge in [-0.25, -0.2) is 4.79 Å². The maximum atomic E-state index is 11.5. The van der Waals surface area contributed by atoms with Crippen LogP contribution >= 0.6 is 11.3 Å². The Kier molecular flexibility index (Phi) is 3.67. The first-order chi connectivity index (χ1) is 9.38. The molecule has 6 heteroatoms. The van der Waals surface area contributed by atoms with Gasteiger partial charge in [0, 0.05) is 21.8 Å². The molecular formula is C14H16N2O3S. The standard InChI is InChI=1S/C14H16N2O3S/c1-7-5-11(6-15-19)9(3)16(7)13-12(14(17)18)8(2)10(4)20-13/h5-6,19H,1-4H3,(H,17,18)/b15-6-. The highest BCUT2D eigenvalue weighted by atomic mass is 32.1. The summed E-state index contributed by atoms with van der Waals surface area (Å²) in [5.41, 5.74) is 3.65. The zero-order chi connectivity index (χ0) is 15.0. The van der Waals surface area contributed by atoms with Crippen molar-refractivity contribution in [2.45, 2.75) is 27.7 Å². The van der Waals surface area contributed by atoms with Gasteiger partial charge in [0.25, 0.3) is 0 Å². The van der Waals surface area contributed by atoms with E-state index >= 15 is 0 Å². The molecule has 106 valence electrons. The zero-order valence-electron chi connectivity index (χ0n) is 11.8. The van der Waals surface area contributed by atoms with Crippen LogP contribution in [0.5, 0.6) is 0 Å². The zero-order valence-corrected chi connectivity index (χ0v) is 12.6. The second-order valence-electron chi connectivity index (χ2n) is 4.68. The van der Waals surface area contributed by atoms with Crippen LogP contribution < -0.4 is 0 Å². The monoisotopic (exact) mass is 292 g/mol. The maximum absolute atomic E-state index is 11.5. The molecule has 0 fully saturated rings. The van der Waals surface area contributed by atoms with Gasteiger partial charge in [-0.15, -0.1) is 11.3 Å². The SMILES string of the molecule is Cc1sc(-n2c(C)cc(/C=N\O)c2C)c(C(=O)O)c1C. The molecule has 0 saturated carbocycles. The Balaban J connectivity index is 2.75. The van der Waals surface area contributed by atoms with Gasteiger partial charge < -0.3 is 14.9 Å². The van der Waals surface area contributed by atoms with Crippen LogP contribution in [-0.2, 0) is 0 Å². The summed E-state index contributed by atoms with van der Waals surface area (Å²) in [4.78, 5) is 12.5. The van der Waals surface area contributed by atoms with Crippen molar-refractivity contribution in [3.8, 4) is 5.00 Å². The summed E-state index contributed by atoms with van der Waals surface area (Å²) in [6.07, 6.45) is 1.35. The van der Waals surface area contributed by atoms with Crippen molar-refractivity contribution in [1.82, 2.24) is 4.57 Å². The predicted molar refractivity (Wildman–Crippen MR) is 78.9 cm³/mol. The van der Waals surface area contributed by atoms with Crippen molar-refractivity contribution < 1.29 is 15.1 Å². The Labute approximate surface area is 120 Å². The molecule has 5 nitrogen and oxygen atoms in total. The molecule has 0 aliphatic carbocycles. The number of aromatic nitrogens is 1. The minimum Gasteiger partial charge on any atom is -0.478 e. The van der Waals surface area contributed by atoms with Gasteiger partial charge in [-0.1, -0.05) is 5.16 Å². The quantitative estimate of drug-likeness (QED) is 0.518. The van der Waals surface area contributed by atoms with Crippen LogP contribution in [0.25, 0.3) is 5.00 Å². The molecular weight excluding hydrogens is 276 g/mol. The molecule has 0 spiro atoms. The molecule has 2 N–H and O–H groups in total. The lowest BCUT2D eigenvalue weighted by molar-refractivity contribution is 0.0696. The summed E-state index contributed by atoms with van der Waals surface area (Å²) in [5.74, 6) is -0.924. The van der Waals surface area contributed by atoms with Gasteiger partial charge in [0.1, 0.15) is 5.00 Å². The average molecular weight is 292 g/mol. The minimum absolute atomic E-state index is 0.335. The van der Waals surface area contributed by atoms with Gasteiger partial charge in [0.2, 0.25) is 0 Å². The Morgan fingerprint density at radius 3 is 2.55 bits per heavy atom. The van der Waals surface area contributed by atoms with E-state index in [0.29, 0.717) is 10.6 Å². The minimum atomic E-state index is -0.924. The second kappa shape index (κ2) is 5.13. The first kappa shape index (κ1) is 14.3. The summed E-state index contributed by atoms with van der Waals surface area (Å²) in [7, 11) is 0. The lowest BCUT2D eigenvalue weighted by Gasteiger charge is -2.08. The number of aryl methyl sites for hydroxylation is 2. The Bertz CT molecular complexity index is 711. The van der Waals surface area contributed by atoms with Crippen molar-refractivity contribution in [2.24, 2.45) is 5.16 Å². The lowest BCUT2D eigenvalue weighted by Crippen LogP contribution is -2.06. The van der Waals surface area contributed by atoms with Crippen LogP contribution in [0.15, 0.2) is 11.2 Å². The van der Waals surface area contributed by atoms with Crippen molar-refractivity contribution >= 4 is 23.5 Å². The first-order valence-corrected chi connectivity index (χ1v) is 6.90. The van der Waals surface area contributed by atoms with Crippen LogP contribution in [-0.4, -0.2) is 27.1 Å². The molecule has 2 rings (SSSR count). The van der Waals surface area contributed by atoms with Gasteiger partial charge in [0.05, 0.1) is 11.8 Å². The number of hydrogen-bond donors (Lipinski definition) is 2. The molecule has 0 bridgehead atoms. The highest BCUT2D eigenvalue weighted by Crippen LogP contribution is 2.33. The third-order valence-electron chi connectivity index (χ3n) is 3.45. The number of carbonyl (C=O) groups is 1. The average Bonchev–Trinajstić information content (AvgIpc) is 2.79. The molecule has 0 amide bonds. The number of aromatic carboxylic acids is 1. The van der Waals surface area contributed by atoms with Gasteiger partial charge in [0.15, 0.2) is 0 Å². The Hall–Kier alpha value is -2.08. The van der Waals surface area contributed by atoms with Crippen molar-refractivity contribution in [2.75, 3.05) is 0 Å². The molecule has 20 heavy (non-hydrogen) atoms. The van der Waals surface area contributed by atoms with Crippen LogP contribution in [0.2, 0.25) is 0 Å². The van der Waals surface area contributed by atoms with Crippen LogP contribution in [0.3, 0.4) is 0 Å².